The van der Waals surface area contributed by atoms with Gasteiger partial charge >= 0.3 is 5.97 Å². The first kappa shape index (κ1) is 17.8. The van der Waals surface area contributed by atoms with Crippen LogP contribution in [0.15, 0.2) is 0 Å². The minimum atomic E-state index is -1.06. The summed E-state index contributed by atoms with van der Waals surface area (Å²) in [6.07, 6.45) is 0. The zero-order valence-electron chi connectivity index (χ0n) is 6.58. The number of carboxylic acids is 1. The number of carbonyl (C=O) groups is 2. The number of carbonyl (C=O) groups excluding carboxylic acids is 1. The zero-order chi connectivity index (χ0) is 8.15. The van der Waals surface area contributed by atoms with Gasteiger partial charge in [0.1, 0.15) is 6.04 Å². The van der Waals surface area contributed by atoms with Crippen molar-refractivity contribution < 1.29 is 31.8 Å². The van der Waals surface area contributed by atoms with E-state index in [-0.39, 0.29) is 34.9 Å². The summed E-state index contributed by atoms with van der Waals surface area (Å²) < 4.78 is 0. The summed E-state index contributed by atoms with van der Waals surface area (Å²) in [5.74, 6) is -1.32. The number of hydrogen-bond acceptors (Lipinski definition) is 4. The molecule has 1 amide bonds. The molecule has 0 aromatic carbocycles. The van der Waals surface area contributed by atoms with Gasteiger partial charge in [0.25, 0.3) is 0 Å². The zero-order valence-corrected chi connectivity index (χ0v) is 8.66. The number of aliphatic carboxylic acids is 1. The van der Waals surface area contributed by atoms with Crippen molar-refractivity contribution in [3.05, 3.63) is 0 Å². The maximum absolute atomic E-state index is 10.3. The van der Waals surface area contributed by atoms with Crippen molar-refractivity contribution >= 4 is 24.5 Å². The predicted octanol–water partition coefficient (Wildman–Crippen LogP) is -0.335. The molecular weight excluding hydrogens is 223 g/mol. The number of carboxylic acid groups (broad SMARTS) is 1. The van der Waals surface area contributed by atoms with Crippen molar-refractivity contribution in [1.29, 1.82) is 0 Å². The van der Waals surface area contributed by atoms with Gasteiger partial charge in [0.2, 0.25) is 5.91 Å². The molecule has 0 fully saturated rings. The average Bonchev–Trinajstić information content (AvgIpc) is 1.81. The maximum atomic E-state index is 10.3. The molecule has 0 aromatic heterocycles. The molecule has 1 atom stereocenters. The molecule has 5 N–H and O–H groups in total. The standard InChI is InChI=1S/C5H9NO3S.Mn.H3N/c1-3(7)6-4(2-10)5(8)9;;/h4,10H,2H2,1H3,(H,6,7)(H,8,9);;1H3. The van der Waals surface area contributed by atoms with E-state index in [1.54, 1.807) is 0 Å². The summed E-state index contributed by atoms with van der Waals surface area (Å²) in [6.45, 7) is 1.26. The Morgan fingerprint density at radius 3 is 2.08 bits per heavy atom. The van der Waals surface area contributed by atoms with Crippen LogP contribution in [0.4, 0.5) is 0 Å². The maximum Gasteiger partial charge on any atom is 0.327 e. The first-order valence-electron chi connectivity index (χ1n) is 2.68. The second-order valence-corrected chi connectivity index (χ2v) is 2.14. The fraction of sp³-hybridized carbons (Fsp3) is 0.600. The largest absolute Gasteiger partial charge is 0.480 e. The van der Waals surface area contributed by atoms with Gasteiger partial charge in [-0.2, -0.15) is 12.6 Å². The van der Waals surface area contributed by atoms with Crippen LogP contribution in [0.2, 0.25) is 0 Å². The van der Waals surface area contributed by atoms with Crippen LogP contribution in [0.1, 0.15) is 6.92 Å². The number of amides is 1. The van der Waals surface area contributed by atoms with Gasteiger partial charge < -0.3 is 16.6 Å². The van der Waals surface area contributed by atoms with E-state index in [1.807, 2.05) is 0 Å². The number of rotatable bonds is 3. The molecule has 1 radical (unpaired) electrons. The smallest absolute Gasteiger partial charge is 0.327 e. The van der Waals surface area contributed by atoms with Gasteiger partial charge in [-0.25, -0.2) is 4.79 Å². The molecule has 1 unspecified atom stereocenters. The van der Waals surface area contributed by atoms with E-state index in [4.69, 9.17) is 5.11 Å². The Labute approximate surface area is 86.8 Å². The van der Waals surface area contributed by atoms with E-state index in [9.17, 15) is 9.59 Å². The third-order valence-corrected chi connectivity index (χ3v) is 1.22. The molecule has 0 aliphatic rings. The van der Waals surface area contributed by atoms with Crippen molar-refractivity contribution in [3.8, 4) is 0 Å². The summed E-state index contributed by atoms with van der Waals surface area (Å²) in [4.78, 5) is 20.5. The van der Waals surface area contributed by atoms with Gasteiger partial charge in [-0.05, 0) is 0 Å². The van der Waals surface area contributed by atoms with Gasteiger partial charge in [0, 0.05) is 29.7 Å². The van der Waals surface area contributed by atoms with Gasteiger partial charge in [-0.1, -0.05) is 0 Å². The molecular formula is C5H12MnN2O3S. The summed E-state index contributed by atoms with van der Waals surface area (Å²) in [5, 5.41) is 10.6. The first-order valence-corrected chi connectivity index (χ1v) is 3.32. The van der Waals surface area contributed by atoms with Crippen LogP contribution in [0.25, 0.3) is 0 Å². The second kappa shape index (κ2) is 8.86. The van der Waals surface area contributed by atoms with Crippen LogP contribution in [-0.2, 0) is 26.7 Å². The molecule has 0 saturated heterocycles. The summed E-state index contributed by atoms with van der Waals surface area (Å²) in [5.41, 5.74) is 0. The fourth-order valence-electron chi connectivity index (χ4n) is 0.431. The van der Waals surface area contributed by atoms with Crippen molar-refractivity contribution in [2.75, 3.05) is 5.75 Å². The van der Waals surface area contributed by atoms with Crippen molar-refractivity contribution in [3.63, 3.8) is 0 Å². The van der Waals surface area contributed by atoms with Gasteiger partial charge in [0.05, 0.1) is 0 Å². The van der Waals surface area contributed by atoms with Crippen molar-refractivity contribution in [1.82, 2.24) is 11.5 Å². The minimum Gasteiger partial charge on any atom is -0.480 e. The molecule has 12 heavy (non-hydrogen) atoms. The second-order valence-electron chi connectivity index (χ2n) is 1.77. The Kier molecular flexibility index (Phi) is 13.1. The van der Waals surface area contributed by atoms with E-state index >= 15 is 0 Å². The molecule has 0 bridgehead atoms. The van der Waals surface area contributed by atoms with Crippen LogP contribution in [-0.4, -0.2) is 28.8 Å². The molecule has 7 heteroatoms. The van der Waals surface area contributed by atoms with Gasteiger partial charge in [-0.3, -0.25) is 4.79 Å². The number of thiol groups is 1. The van der Waals surface area contributed by atoms with Gasteiger partial charge in [0.15, 0.2) is 0 Å². The molecule has 0 rings (SSSR count). The summed E-state index contributed by atoms with van der Waals surface area (Å²) >= 11 is 3.73. The van der Waals surface area contributed by atoms with Crippen LogP contribution < -0.4 is 11.5 Å². The third-order valence-electron chi connectivity index (χ3n) is 0.858. The minimum absolute atomic E-state index is 0. The molecule has 5 nitrogen and oxygen atoms in total. The Morgan fingerprint density at radius 1 is 1.58 bits per heavy atom. The van der Waals surface area contributed by atoms with Crippen LogP contribution in [0.3, 0.4) is 0 Å². The van der Waals surface area contributed by atoms with Crippen LogP contribution in [0, 0.1) is 0 Å². The molecule has 0 aromatic rings. The molecule has 0 spiro atoms. The quantitative estimate of drug-likeness (QED) is 0.397. The SMILES string of the molecule is CC(=O)NC(CS)C(=O)O.N.[Mn]. The van der Waals surface area contributed by atoms with E-state index < -0.39 is 12.0 Å². The average molecular weight is 235 g/mol. The molecule has 73 valence electrons. The number of nitrogens with one attached hydrogen (secondary N) is 1. The normalized spacial score (nSPS) is 10.2. The molecule has 0 saturated carbocycles. The first-order chi connectivity index (χ1) is 4.57. The topological polar surface area (TPSA) is 101 Å². The molecule has 0 heterocycles. The summed E-state index contributed by atoms with van der Waals surface area (Å²) in [7, 11) is 0. The Morgan fingerprint density at radius 2 is 2.00 bits per heavy atom. The number of hydrogen-bond donors (Lipinski definition) is 4. The predicted molar refractivity (Wildman–Crippen MR) is 44.1 cm³/mol. The Bertz CT molecular complexity index is 156. The Balaban J connectivity index is -0.000000405. The van der Waals surface area contributed by atoms with Gasteiger partial charge in [-0.15, -0.1) is 0 Å². The monoisotopic (exact) mass is 235 g/mol. The Hall–Kier alpha value is -0.231. The van der Waals surface area contributed by atoms with E-state index in [1.165, 1.54) is 6.92 Å². The summed E-state index contributed by atoms with van der Waals surface area (Å²) in [6, 6.07) is -0.874. The molecule has 0 aliphatic carbocycles. The van der Waals surface area contributed by atoms with E-state index in [0.29, 0.717) is 0 Å². The third kappa shape index (κ3) is 7.87. The van der Waals surface area contributed by atoms with E-state index in [0.717, 1.165) is 0 Å². The van der Waals surface area contributed by atoms with E-state index in [2.05, 4.69) is 17.9 Å². The van der Waals surface area contributed by atoms with Crippen molar-refractivity contribution in [2.24, 2.45) is 0 Å². The van der Waals surface area contributed by atoms with Crippen LogP contribution >= 0.6 is 12.6 Å². The van der Waals surface area contributed by atoms with Crippen LogP contribution in [0.5, 0.6) is 0 Å². The molecule has 0 aliphatic heterocycles. The van der Waals surface area contributed by atoms with Crippen molar-refractivity contribution in [2.45, 2.75) is 13.0 Å². The fourth-order valence-corrected chi connectivity index (χ4v) is 0.678.